The van der Waals surface area contributed by atoms with Crippen molar-refractivity contribution in [1.82, 2.24) is 0 Å². The molecule has 0 radical (unpaired) electrons. The molecule has 0 saturated carbocycles. The van der Waals surface area contributed by atoms with Gasteiger partial charge in [0, 0.05) is 19.3 Å². The second-order valence-electron chi connectivity index (χ2n) is 16.6. The number of hydrogen-bond donors (Lipinski definition) is 0. The van der Waals surface area contributed by atoms with Gasteiger partial charge in [-0.15, -0.1) is 0 Å². The summed E-state index contributed by atoms with van der Waals surface area (Å²) in [6, 6.07) is 0. The van der Waals surface area contributed by atoms with E-state index in [1.807, 2.05) is 0 Å². The third kappa shape index (κ3) is 39.6. The summed E-state index contributed by atoms with van der Waals surface area (Å²) in [4.78, 5) is 37.5. The van der Waals surface area contributed by atoms with Crippen LogP contribution in [-0.4, -0.2) is 37.2 Å². The van der Waals surface area contributed by atoms with E-state index in [0.29, 0.717) is 19.3 Å². The Morgan fingerprint density at radius 2 is 0.635 bits per heavy atom. The molecule has 0 aliphatic carbocycles. The van der Waals surface area contributed by atoms with E-state index in [4.69, 9.17) is 14.2 Å². The lowest BCUT2D eigenvalue weighted by Crippen LogP contribution is -2.30. The Hall–Kier alpha value is -1.59. The molecular formula is C46H88O6. The lowest BCUT2D eigenvalue weighted by atomic mass is 10.0. The van der Waals surface area contributed by atoms with Crippen molar-refractivity contribution in [2.75, 3.05) is 13.2 Å². The first kappa shape index (κ1) is 50.4. The Balaban J connectivity index is 4.17. The number of carbonyl (C=O) groups is 3. The predicted octanol–water partition coefficient (Wildman–Crippen LogP) is 14.2. The molecule has 0 rings (SSSR count). The molecule has 0 aromatic heterocycles. The van der Waals surface area contributed by atoms with Crippen LogP contribution in [0.2, 0.25) is 0 Å². The van der Waals surface area contributed by atoms with Crippen LogP contribution in [-0.2, 0) is 28.6 Å². The molecule has 0 heterocycles. The highest BCUT2D eigenvalue weighted by atomic mass is 16.6. The summed E-state index contributed by atoms with van der Waals surface area (Å²) in [5.74, 6) is 0.739. The van der Waals surface area contributed by atoms with Gasteiger partial charge in [0.15, 0.2) is 6.10 Å². The van der Waals surface area contributed by atoms with Crippen LogP contribution in [0.3, 0.4) is 0 Å². The van der Waals surface area contributed by atoms with Crippen molar-refractivity contribution >= 4 is 17.9 Å². The summed E-state index contributed by atoms with van der Waals surface area (Å²) in [6.07, 6.45) is 36.9. The van der Waals surface area contributed by atoms with Gasteiger partial charge in [0.2, 0.25) is 0 Å². The highest BCUT2D eigenvalue weighted by molar-refractivity contribution is 5.71. The molecule has 6 heteroatoms. The van der Waals surface area contributed by atoms with E-state index in [2.05, 4.69) is 34.6 Å². The number of carbonyl (C=O) groups excluding carboxylic acids is 3. The van der Waals surface area contributed by atoms with Crippen molar-refractivity contribution in [3.63, 3.8) is 0 Å². The molecule has 0 N–H and O–H groups in total. The average molecular weight is 737 g/mol. The molecule has 52 heavy (non-hydrogen) atoms. The van der Waals surface area contributed by atoms with Gasteiger partial charge in [-0.25, -0.2) is 0 Å². The number of unbranched alkanes of at least 4 members (excludes halogenated alkanes) is 25. The van der Waals surface area contributed by atoms with Crippen molar-refractivity contribution in [2.24, 2.45) is 11.8 Å². The second kappa shape index (κ2) is 39.1. The van der Waals surface area contributed by atoms with Crippen LogP contribution in [0.1, 0.15) is 247 Å². The van der Waals surface area contributed by atoms with Gasteiger partial charge in [0.25, 0.3) is 0 Å². The van der Waals surface area contributed by atoms with Crippen molar-refractivity contribution < 1.29 is 28.6 Å². The monoisotopic (exact) mass is 737 g/mol. The predicted molar refractivity (Wildman–Crippen MR) is 220 cm³/mol. The number of rotatable bonds is 40. The maximum Gasteiger partial charge on any atom is 0.306 e. The van der Waals surface area contributed by atoms with E-state index in [0.717, 1.165) is 69.6 Å². The fourth-order valence-corrected chi connectivity index (χ4v) is 6.75. The zero-order chi connectivity index (χ0) is 38.3. The van der Waals surface area contributed by atoms with Gasteiger partial charge in [-0.1, -0.05) is 208 Å². The highest BCUT2D eigenvalue weighted by Crippen LogP contribution is 2.16. The summed E-state index contributed by atoms with van der Waals surface area (Å²) < 4.78 is 16.6. The van der Waals surface area contributed by atoms with Gasteiger partial charge in [-0.3, -0.25) is 14.4 Å². The number of hydrogen-bond acceptors (Lipinski definition) is 6. The van der Waals surface area contributed by atoms with E-state index in [-0.39, 0.29) is 31.1 Å². The van der Waals surface area contributed by atoms with Gasteiger partial charge in [0.1, 0.15) is 13.2 Å². The second-order valence-corrected chi connectivity index (χ2v) is 16.6. The molecule has 0 bridgehead atoms. The number of ether oxygens (including phenoxy) is 3. The van der Waals surface area contributed by atoms with E-state index in [1.165, 1.54) is 135 Å². The smallest absolute Gasteiger partial charge is 0.306 e. The van der Waals surface area contributed by atoms with Gasteiger partial charge >= 0.3 is 17.9 Å². The molecule has 0 aromatic carbocycles. The zero-order valence-corrected chi connectivity index (χ0v) is 35.4. The maximum absolute atomic E-state index is 12.6. The van der Waals surface area contributed by atoms with E-state index in [1.54, 1.807) is 0 Å². The lowest BCUT2D eigenvalue weighted by Gasteiger charge is -2.18. The Morgan fingerprint density at radius 3 is 0.942 bits per heavy atom. The molecule has 308 valence electrons. The van der Waals surface area contributed by atoms with Crippen molar-refractivity contribution in [1.29, 1.82) is 0 Å². The van der Waals surface area contributed by atoms with E-state index >= 15 is 0 Å². The molecule has 0 saturated heterocycles. The molecule has 1 atom stereocenters. The molecule has 0 fully saturated rings. The molecule has 0 aromatic rings. The fraction of sp³-hybridized carbons (Fsp3) is 0.935. The summed E-state index contributed by atoms with van der Waals surface area (Å²) in [5, 5.41) is 0. The van der Waals surface area contributed by atoms with Crippen LogP contribution >= 0.6 is 0 Å². The third-order valence-corrected chi connectivity index (χ3v) is 10.2. The highest BCUT2D eigenvalue weighted by Gasteiger charge is 2.19. The van der Waals surface area contributed by atoms with Gasteiger partial charge in [-0.2, -0.15) is 0 Å². The first-order chi connectivity index (χ1) is 25.2. The SMILES string of the molecule is CCCCCCCCCC(=O)OC[C@H](COC(=O)CCCCCCCCCCCCCCCCCC(C)C)OC(=O)CCCCCCCCC(C)C. The van der Waals surface area contributed by atoms with Gasteiger partial charge in [0.05, 0.1) is 0 Å². The van der Waals surface area contributed by atoms with Crippen molar-refractivity contribution in [3.8, 4) is 0 Å². The minimum absolute atomic E-state index is 0.0660. The number of esters is 3. The van der Waals surface area contributed by atoms with E-state index < -0.39 is 6.10 Å². The normalized spacial score (nSPS) is 12.1. The summed E-state index contributed by atoms with van der Waals surface area (Å²) in [6.45, 7) is 11.2. The molecule has 0 aliphatic rings. The topological polar surface area (TPSA) is 78.9 Å². The van der Waals surface area contributed by atoms with Crippen LogP contribution in [0.4, 0.5) is 0 Å². The van der Waals surface area contributed by atoms with Crippen molar-refractivity contribution in [2.45, 2.75) is 253 Å². The van der Waals surface area contributed by atoms with E-state index in [9.17, 15) is 14.4 Å². The molecule has 0 amide bonds. The average Bonchev–Trinajstić information content (AvgIpc) is 3.11. The van der Waals surface area contributed by atoms with Crippen LogP contribution in [0.25, 0.3) is 0 Å². The van der Waals surface area contributed by atoms with Crippen LogP contribution in [0.15, 0.2) is 0 Å². The minimum atomic E-state index is -0.759. The third-order valence-electron chi connectivity index (χ3n) is 10.2. The van der Waals surface area contributed by atoms with Crippen LogP contribution < -0.4 is 0 Å². The maximum atomic E-state index is 12.6. The first-order valence-corrected chi connectivity index (χ1v) is 22.7. The molecule has 0 unspecified atom stereocenters. The quantitative estimate of drug-likeness (QED) is 0.0354. The molecule has 6 nitrogen and oxygen atoms in total. The Kier molecular flexibility index (Phi) is 37.9. The Bertz CT molecular complexity index is 794. The first-order valence-electron chi connectivity index (χ1n) is 22.7. The Morgan fingerprint density at radius 1 is 0.365 bits per heavy atom. The van der Waals surface area contributed by atoms with Gasteiger partial charge in [-0.05, 0) is 31.1 Å². The van der Waals surface area contributed by atoms with Crippen LogP contribution in [0, 0.1) is 11.8 Å². The largest absolute Gasteiger partial charge is 0.462 e. The lowest BCUT2D eigenvalue weighted by molar-refractivity contribution is -0.167. The summed E-state index contributed by atoms with van der Waals surface area (Å²) in [5.41, 5.74) is 0. The zero-order valence-electron chi connectivity index (χ0n) is 35.4. The Labute approximate surface area is 323 Å². The standard InChI is InChI=1S/C46H88O6/c1-6-7-8-9-19-26-31-36-44(47)50-39-43(52-46(49)38-33-28-23-22-25-30-35-42(4)5)40-51-45(48)37-32-27-21-18-16-14-12-10-11-13-15-17-20-24-29-34-41(2)3/h41-43H,6-40H2,1-5H3/t43-/m1/s1. The summed E-state index contributed by atoms with van der Waals surface area (Å²) in [7, 11) is 0. The minimum Gasteiger partial charge on any atom is -0.462 e. The molecule has 0 aliphatic heterocycles. The van der Waals surface area contributed by atoms with Gasteiger partial charge < -0.3 is 14.2 Å². The van der Waals surface area contributed by atoms with Crippen LogP contribution in [0.5, 0.6) is 0 Å². The fourth-order valence-electron chi connectivity index (χ4n) is 6.75. The molecule has 0 spiro atoms. The summed E-state index contributed by atoms with van der Waals surface area (Å²) >= 11 is 0. The van der Waals surface area contributed by atoms with Crippen molar-refractivity contribution in [3.05, 3.63) is 0 Å². The molecular weight excluding hydrogens is 649 g/mol.